The van der Waals surface area contributed by atoms with Gasteiger partial charge in [0.05, 0.1) is 10.5 Å². The summed E-state index contributed by atoms with van der Waals surface area (Å²) in [4.78, 5) is 0. The molecule has 0 amide bonds. The Kier molecular flexibility index (Phi) is 4.33. The quantitative estimate of drug-likeness (QED) is 0.935. The van der Waals surface area contributed by atoms with Crippen molar-refractivity contribution >= 4 is 15.9 Å². The topological polar surface area (TPSA) is 35.2 Å². The van der Waals surface area contributed by atoms with E-state index in [9.17, 15) is 4.39 Å². The zero-order chi connectivity index (χ0) is 13.0. The minimum absolute atomic E-state index is 0.235. The Morgan fingerprint density at radius 2 is 1.89 bits per heavy atom. The van der Waals surface area contributed by atoms with E-state index in [1.807, 2.05) is 30.3 Å². The molecule has 2 N–H and O–H groups in total. The van der Waals surface area contributed by atoms with Gasteiger partial charge < -0.3 is 10.5 Å². The van der Waals surface area contributed by atoms with Crippen molar-refractivity contribution in [2.24, 2.45) is 5.73 Å². The van der Waals surface area contributed by atoms with Crippen molar-refractivity contribution in [1.29, 1.82) is 0 Å². The fraction of sp³-hybridized carbons (Fsp3) is 0.143. The Balaban J connectivity index is 2.01. The molecule has 0 saturated heterocycles. The lowest BCUT2D eigenvalue weighted by atomic mass is 10.1. The van der Waals surface area contributed by atoms with Crippen molar-refractivity contribution in [3.8, 4) is 5.75 Å². The monoisotopic (exact) mass is 309 g/mol. The standard InChI is InChI=1S/C14H13BrFNO/c15-12-7-6-11(16)8-14(12)18-9-13(17)10-4-2-1-3-5-10/h1-8,13H,9,17H2. The van der Waals surface area contributed by atoms with E-state index in [0.29, 0.717) is 16.8 Å². The smallest absolute Gasteiger partial charge is 0.136 e. The predicted octanol–water partition coefficient (Wildman–Crippen LogP) is 3.67. The van der Waals surface area contributed by atoms with Crippen LogP contribution in [0.1, 0.15) is 11.6 Å². The van der Waals surface area contributed by atoms with Crippen molar-refractivity contribution in [2.45, 2.75) is 6.04 Å². The molecular weight excluding hydrogens is 297 g/mol. The number of halogens is 2. The second-order valence-corrected chi connectivity index (χ2v) is 4.76. The van der Waals surface area contributed by atoms with Gasteiger partial charge in [0.25, 0.3) is 0 Å². The van der Waals surface area contributed by atoms with E-state index in [1.165, 1.54) is 12.1 Å². The lowest BCUT2D eigenvalue weighted by molar-refractivity contribution is 0.287. The summed E-state index contributed by atoms with van der Waals surface area (Å²) in [6.07, 6.45) is 0. The van der Waals surface area contributed by atoms with Gasteiger partial charge in [-0.1, -0.05) is 30.3 Å². The molecule has 0 radical (unpaired) electrons. The highest BCUT2D eigenvalue weighted by Gasteiger charge is 2.08. The van der Waals surface area contributed by atoms with Crippen LogP contribution in [0.15, 0.2) is 53.0 Å². The van der Waals surface area contributed by atoms with Crippen LogP contribution in [0.25, 0.3) is 0 Å². The first kappa shape index (κ1) is 13.1. The normalized spacial score (nSPS) is 12.2. The molecule has 0 aliphatic rings. The van der Waals surface area contributed by atoms with E-state index in [0.717, 1.165) is 5.56 Å². The summed E-state index contributed by atoms with van der Waals surface area (Å²) < 4.78 is 19.3. The molecule has 2 nitrogen and oxygen atoms in total. The fourth-order valence-corrected chi connectivity index (χ4v) is 1.92. The first-order valence-corrected chi connectivity index (χ1v) is 6.34. The van der Waals surface area contributed by atoms with Gasteiger partial charge >= 0.3 is 0 Å². The van der Waals surface area contributed by atoms with Gasteiger partial charge in [0.1, 0.15) is 18.2 Å². The number of benzene rings is 2. The molecule has 1 unspecified atom stereocenters. The summed E-state index contributed by atoms with van der Waals surface area (Å²) in [5.41, 5.74) is 6.99. The molecule has 4 heteroatoms. The average Bonchev–Trinajstić information content (AvgIpc) is 2.40. The molecule has 2 aromatic rings. The van der Waals surface area contributed by atoms with Crippen molar-refractivity contribution in [2.75, 3.05) is 6.61 Å². The molecular formula is C14H13BrFNO. The number of hydrogen-bond donors (Lipinski definition) is 1. The minimum atomic E-state index is -0.332. The SMILES string of the molecule is NC(COc1cc(F)ccc1Br)c1ccccc1. The van der Waals surface area contributed by atoms with E-state index >= 15 is 0 Å². The maximum Gasteiger partial charge on any atom is 0.136 e. The molecule has 0 spiro atoms. The van der Waals surface area contributed by atoms with E-state index in [1.54, 1.807) is 6.07 Å². The number of hydrogen-bond acceptors (Lipinski definition) is 2. The lowest BCUT2D eigenvalue weighted by Crippen LogP contribution is -2.19. The van der Waals surface area contributed by atoms with Crippen LogP contribution in [0.3, 0.4) is 0 Å². The highest BCUT2D eigenvalue weighted by Crippen LogP contribution is 2.26. The molecule has 2 rings (SSSR count). The highest BCUT2D eigenvalue weighted by atomic mass is 79.9. The maximum atomic E-state index is 13.1. The number of rotatable bonds is 4. The van der Waals surface area contributed by atoms with Gasteiger partial charge in [-0.25, -0.2) is 4.39 Å². The van der Waals surface area contributed by atoms with Crippen LogP contribution in [-0.4, -0.2) is 6.61 Å². The van der Waals surface area contributed by atoms with E-state index < -0.39 is 0 Å². The maximum absolute atomic E-state index is 13.1. The molecule has 0 saturated carbocycles. The molecule has 0 bridgehead atoms. The van der Waals surface area contributed by atoms with Gasteiger partial charge in [-0.3, -0.25) is 0 Å². The molecule has 0 fully saturated rings. The van der Waals surface area contributed by atoms with Gasteiger partial charge in [0.15, 0.2) is 0 Å². The first-order chi connectivity index (χ1) is 8.66. The molecule has 0 aliphatic carbocycles. The molecule has 0 heterocycles. The molecule has 0 aromatic heterocycles. The van der Waals surface area contributed by atoms with Gasteiger partial charge in [0.2, 0.25) is 0 Å². The first-order valence-electron chi connectivity index (χ1n) is 5.55. The summed E-state index contributed by atoms with van der Waals surface area (Å²) in [5, 5.41) is 0. The van der Waals surface area contributed by atoms with Crippen molar-refractivity contribution in [3.63, 3.8) is 0 Å². The summed E-state index contributed by atoms with van der Waals surface area (Å²) in [6, 6.07) is 13.7. The summed E-state index contributed by atoms with van der Waals surface area (Å²) in [5.74, 6) is 0.128. The summed E-state index contributed by atoms with van der Waals surface area (Å²) >= 11 is 3.30. The zero-order valence-electron chi connectivity index (χ0n) is 9.64. The zero-order valence-corrected chi connectivity index (χ0v) is 11.2. The van der Waals surface area contributed by atoms with Crippen LogP contribution < -0.4 is 10.5 Å². The Morgan fingerprint density at radius 3 is 2.61 bits per heavy atom. The van der Waals surface area contributed by atoms with Crippen molar-refractivity contribution in [1.82, 2.24) is 0 Å². The third-order valence-corrected chi connectivity index (χ3v) is 3.19. The third kappa shape index (κ3) is 3.31. The van der Waals surface area contributed by atoms with Gasteiger partial charge in [-0.15, -0.1) is 0 Å². The van der Waals surface area contributed by atoms with Crippen LogP contribution in [-0.2, 0) is 0 Å². The van der Waals surface area contributed by atoms with E-state index in [-0.39, 0.29) is 11.9 Å². The van der Waals surface area contributed by atoms with Crippen LogP contribution in [0.4, 0.5) is 4.39 Å². The largest absolute Gasteiger partial charge is 0.490 e. The molecule has 0 aliphatic heterocycles. The lowest BCUT2D eigenvalue weighted by Gasteiger charge is -2.14. The van der Waals surface area contributed by atoms with E-state index in [2.05, 4.69) is 15.9 Å². The van der Waals surface area contributed by atoms with Crippen LogP contribution in [0.5, 0.6) is 5.75 Å². The molecule has 1 atom stereocenters. The Morgan fingerprint density at radius 1 is 1.17 bits per heavy atom. The predicted molar refractivity (Wildman–Crippen MR) is 73.0 cm³/mol. The number of ether oxygens (including phenoxy) is 1. The summed E-state index contributed by atoms with van der Waals surface area (Å²) in [6.45, 7) is 0.298. The second-order valence-electron chi connectivity index (χ2n) is 3.90. The molecule has 94 valence electrons. The third-order valence-electron chi connectivity index (χ3n) is 2.54. The Bertz CT molecular complexity index is 518. The Hall–Kier alpha value is -1.39. The van der Waals surface area contributed by atoms with Gasteiger partial charge in [-0.05, 0) is 33.6 Å². The Labute approximate surface area is 114 Å². The molecule has 2 aromatic carbocycles. The van der Waals surface area contributed by atoms with Crippen LogP contribution >= 0.6 is 15.9 Å². The van der Waals surface area contributed by atoms with Crippen molar-refractivity contribution in [3.05, 3.63) is 64.4 Å². The van der Waals surface area contributed by atoms with Crippen molar-refractivity contribution < 1.29 is 9.13 Å². The minimum Gasteiger partial charge on any atom is -0.490 e. The average molecular weight is 310 g/mol. The number of nitrogens with two attached hydrogens (primary N) is 1. The second kappa shape index (κ2) is 5.98. The van der Waals surface area contributed by atoms with E-state index in [4.69, 9.17) is 10.5 Å². The van der Waals surface area contributed by atoms with Gasteiger partial charge in [-0.2, -0.15) is 0 Å². The van der Waals surface area contributed by atoms with Crippen LogP contribution in [0.2, 0.25) is 0 Å². The van der Waals surface area contributed by atoms with Crippen LogP contribution in [0, 0.1) is 5.82 Å². The highest BCUT2D eigenvalue weighted by molar-refractivity contribution is 9.10. The summed E-state index contributed by atoms with van der Waals surface area (Å²) in [7, 11) is 0. The van der Waals surface area contributed by atoms with Gasteiger partial charge in [0, 0.05) is 6.07 Å². The molecule has 18 heavy (non-hydrogen) atoms. The fourth-order valence-electron chi connectivity index (χ4n) is 1.56.